The molecule has 1 N–H and O–H groups in total. The summed E-state index contributed by atoms with van der Waals surface area (Å²) in [5, 5.41) is 13.6. The van der Waals surface area contributed by atoms with Gasteiger partial charge >= 0.3 is 0 Å². The van der Waals surface area contributed by atoms with Crippen molar-refractivity contribution in [2.45, 2.75) is 38.8 Å². The second kappa shape index (κ2) is 5.50. The van der Waals surface area contributed by atoms with Crippen LogP contribution in [0.5, 0.6) is 0 Å². The van der Waals surface area contributed by atoms with Gasteiger partial charge < -0.3 is 5.11 Å². The zero-order valence-electron chi connectivity index (χ0n) is 10.5. The van der Waals surface area contributed by atoms with Crippen molar-refractivity contribution in [3.05, 3.63) is 15.9 Å². The van der Waals surface area contributed by atoms with E-state index in [0.717, 1.165) is 23.3 Å². The third kappa shape index (κ3) is 2.72. The minimum absolute atomic E-state index is 0.227. The zero-order valence-corrected chi connectivity index (χ0v) is 12.1. The molecule has 96 valence electrons. The summed E-state index contributed by atoms with van der Waals surface area (Å²) < 4.78 is 3.03. The molecule has 17 heavy (non-hydrogen) atoms. The molecule has 5 heteroatoms. The molecule has 1 saturated carbocycles. The average Bonchev–Trinajstić information content (AvgIpc) is 2.43. The van der Waals surface area contributed by atoms with E-state index < -0.39 is 0 Å². The Morgan fingerprint density at radius 3 is 2.65 bits per heavy atom. The molecule has 2 rings (SSSR count). The van der Waals surface area contributed by atoms with Gasteiger partial charge in [0.05, 0.1) is 22.5 Å². The summed E-state index contributed by atoms with van der Waals surface area (Å²) >= 11 is 3.60. The monoisotopic (exact) mass is 301 g/mol. The van der Waals surface area contributed by atoms with Gasteiger partial charge in [0.25, 0.3) is 0 Å². The van der Waals surface area contributed by atoms with Crippen LogP contribution in [0.3, 0.4) is 0 Å². The third-order valence-corrected chi connectivity index (χ3v) is 4.62. The molecule has 0 aliphatic heterocycles. The summed E-state index contributed by atoms with van der Waals surface area (Å²) in [6.07, 6.45) is 3.83. The van der Waals surface area contributed by atoms with Gasteiger partial charge in [-0.1, -0.05) is 6.42 Å². The molecule has 1 heterocycles. The van der Waals surface area contributed by atoms with E-state index in [1.165, 1.54) is 25.0 Å². The topological polar surface area (TPSA) is 41.3 Å². The third-order valence-electron chi connectivity index (χ3n) is 3.59. The average molecular weight is 302 g/mol. The SMILES string of the molecule is Cc1nn(C)c(CN(CCO)C2CCC2)c1Br. The second-order valence-corrected chi connectivity index (χ2v) is 5.54. The van der Waals surface area contributed by atoms with Crippen molar-refractivity contribution >= 4 is 15.9 Å². The van der Waals surface area contributed by atoms with Crippen LogP contribution in [0.1, 0.15) is 30.7 Å². The van der Waals surface area contributed by atoms with Crippen LogP contribution in [0.2, 0.25) is 0 Å². The van der Waals surface area contributed by atoms with Crippen molar-refractivity contribution in [3.8, 4) is 0 Å². The van der Waals surface area contributed by atoms with Crippen LogP contribution < -0.4 is 0 Å². The standard InChI is InChI=1S/C12H20BrN3O/c1-9-12(13)11(15(2)14-9)8-16(6-7-17)10-4-3-5-10/h10,17H,3-8H2,1-2H3. The van der Waals surface area contributed by atoms with E-state index in [0.29, 0.717) is 6.04 Å². The molecule has 1 aromatic heterocycles. The summed E-state index contributed by atoms with van der Waals surface area (Å²) in [6, 6.07) is 0.643. The lowest BCUT2D eigenvalue weighted by Gasteiger charge is -2.37. The molecule has 1 fully saturated rings. The lowest BCUT2D eigenvalue weighted by Crippen LogP contribution is -2.41. The van der Waals surface area contributed by atoms with Crippen molar-refractivity contribution < 1.29 is 5.11 Å². The van der Waals surface area contributed by atoms with Crippen LogP contribution in [0, 0.1) is 6.92 Å². The van der Waals surface area contributed by atoms with Gasteiger partial charge in [0.2, 0.25) is 0 Å². The number of aliphatic hydroxyl groups is 1. The lowest BCUT2D eigenvalue weighted by molar-refractivity contribution is 0.0920. The number of rotatable bonds is 5. The number of aryl methyl sites for hydroxylation is 2. The van der Waals surface area contributed by atoms with Gasteiger partial charge in [0.15, 0.2) is 0 Å². The predicted molar refractivity (Wildman–Crippen MR) is 70.8 cm³/mol. The Labute approximate surface area is 111 Å². The Morgan fingerprint density at radius 2 is 2.24 bits per heavy atom. The minimum Gasteiger partial charge on any atom is -0.395 e. The molecule has 0 bridgehead atoms. The van der Waals surface area contributed by atoms with E-state index in [9.17, 15) is 0 Å². The first kappa shape index (κ1) is 13.1. The maximum absolute atomic E-state index is 9.15. The fraction of sp³-hybridized carbons (Fsp3) is 0.750. The molecule has 1 aromatic rings. The number of hydrogen-bond acceptors (Lipinski definition) is 3. The lowest BCUT2D eigenvalue weighted by atomic mass is 9.91. The highest BCUT2D eigenvalue weighted by Gasteiger charge is 2.26. The van der Waals surface area contributed by atoms with E-state index in [2.05, 4.69) is 25.9 Å². The van der Waals surface area contributed by atoms with Crippen molar-refractivity contribution in [1.29, 1.82) is 0 Å². The Hall–Kier alpha value is -0.390. The molecule has 0 amide bonds. The van der Waals surface area contributed by atoms with E-state index in [-0.39, 0.29) is 6.61 Å². The summed E-state index contributed by atoms with van der Waals surface area (Å²) in [4.78, 5) is 2.37. The van der Waals surface area contributed by atoms with Gasteiger partial charge in [-0.05, 0) is 35.7 Å². The summed E-state index contributed by atoms with van der Waals surface area (Å²) in [7, 11) is 1.98. The molecule has 4 nitrogen and oxygen atoms in total. The first-order chi connectivity index (χ1) is 8.13. The number of aromatic nitrogens is 2. The molecule has 0 aromatic carbocycles. The van der Waals surface area contributed by atoms with Crippen LogP contribution in [0.25, 0.3) is 0 Å². The number of aliphatic hydroxyl groups excluding tert-OH is 1. The first-order valence-electron chi connectivity index (χ1n) is 6.16. The van der Waals surface area contributed by atoms with E-state index in [1.54, 1.807) is 0 Å². The van der Waals surface area contributed by atoms with E-state index >= 15 is 0 Å². The van der Waals surface area contributed by atoms with Crippen LogP contribution in [0.15, 0.2) is 4.47 Å². The molecule has 0 atom stereocenters. The normalized spacial score (nSPS) is 16.5. The molecular weight excluding hydrogens is 282 g/mol. The molecule has 1 aliphatic carbocycles. The van der Waals surface area contributed by atoms with Gasteiger partial charge in [-0.25, -0.2) is 0 Å². The number of halogens is 1. The van der Waals surface area contributed by atoms with Crippen LogP contribution in [0.4, 0.5) is 0 Å². The van der Waals surface area contributed by atoms with E-state index in [4.69, 9.17) is 5.11 Å². The second-order valence-electron chi connectivity index (χ2n) is 4.75. The largest absolute Gasteiger partial charge is 0.395 e. The highest BCUT2D eigenvalue weighted by Crippen LogP contribution is 2.28. The Bertz CT molecular complexity index is 387. The number of hydrogen-bond donors (Lipinski definition) is 1. The Kier molecular flexibility index (Phi) is 4.22. The molecule has 0 radical (unpaired) electrons. The molecule has 0 unspecified atom stereocenters. The summed E-state index contributed by atoms with van der Waals surface area (Å²) in [5.41, 5.74) is 2.22. The summed E-state index contributed by atoms with van der Waals surface area (Å²) in [5.74, 6) is 0. The van der Waals surface area contributed by atoms with Gasteiger partial charge in [0, 0.05) is 26.2 Å². The maximum atomic E-state index is 9.15. The smallest absolute Gasteiger partial charge is 0.0739 e. The first-order valence-corrected chi connectivity index (χ1v) is 6.95. The Morgan fingerprint density at radius 1 is 1.53 bits per heavy atom. The highest BCUT2D eigenvalue weighted by atomic mass is 79.9. The maximum Gasteiger partial charge on any atom is 0.0739 e. The van der Waals surface area contributed by atoms with Crippen molar-refractivity contribution in [3.63, 3.8) is 0 Å². The predicted octanol–water partition coefficient (Wildman–Crippen LogP) is 1.84. The van der Waals surface area contributed by atoms with Crippen LogP contribution in [-0.4, -0.2) is 39.0 Å². The van der Waals surface area contributed by atoms with Gasteiger partial charge in [-0.15, -0.1) is 0 Å². The highest BCUT2D eigenvalue weighted by molar-refractivity contribution is 9.10. The molecular formula is C12H20BrN3O. The fourth-order valence-corrected chi connectivity index (χ4v) is 2.78. The molecule has 0 saturated heterocycles. The summed E-state index contributed by atoms with van der Waals surface area (Å²) in [6.45, 7) is 3.85. The molecule has 1 aliphatic rings. The molecule has 0 spiro atoms. The van der Waals surface area contributed by atoms with Crippen molar-refractivity contribution in [2.24, 2.45) is 7.05 Å². The quantitative estimate of drug-likeness (QED) is 0.902. The van der Waals surface area contributed by atoms with Gasteiger partial charge in [-0.2, -0.15) is 5.10 Å². The van der Waals surface area contributed by atoms with Gasteiger partial charge in [0.1, 0.15) is 0 Å². The zero-order chi connectivity index (χ0) is 12.4. The van der Waals surface area contributed by atoms with Crippen molar-refractivity contribution in [2.75, 3.05) is 13.2 Å². The van der Waals surface area contributed by atoms with Crippen LogP contribution in [-0.2, 0) is 13.6 Å². The van der Waals surface area contributed by atoms with Gasteiger partial charge in [-0.3, -0.25) is 9.58 Å². The van der Waals surface area contributed by atoms with Crippen LogP contribution >= 0.6 is 15.9 Å². The fourth-order valence-electron chi connectivity index (χ4n) is 2.32. The van der Waals surface area contributed by atoms with E-state index in [1.807, 2.05) is 18.7 Å². The minimum atomic E-state index is 0.227. The van der Waals surface area contributed by atoms with Crippen molar-refractivity contribution in [1.82, 2.24) is 14.7 Å². The number of nitrogens with zero attached hydrogens (tertiary/aromatic N) is 3. The Balaban J connectivity index is 2.10.